The zero-order valence-electron chi connectivity index (χ0n) is 9.53. The Balaban J connectivity index is 4.79. The lowest BCUT2D eigenvalue weighted by atomic mass is 10.5. The van der Waals surface area contributed by atoms with Crippen molar-refractivity contribution >= 4 is 27.9 Å². The highest BCUT2D eigenvalue weighted by Crippen LogP contribution is 2.04. The van der Waals surface area contributed by atoms with E-state index >= 15 is 0 Å². The highest BCUT2D eigenvalue weighted by molar-refractivity contribution is 7.89. The summed E-state index contributed by atoms with van der Waals surface area (Å²) in [4.78, 5) is 31.7. The molecule has 18 heavy (non-hydrogen) atoms. The first-order chi connectivity index (χ1) is 8.19. The van der Waals surface area contributed by atoms with Gasteiger partial charge in [-0.2, -0.15) is 4.31 Å². The van der Waals surface area contributed by atoms with E-state index in [4.69, 9.17) is 10.2 Å². The Morgan fingerprint density at radius 1 is 1.11 bits per heavy atom. The summed E-state index contributed by atoms with van der Waals surface area (Å²) in [5.74, 6) is -4.47. The molecule has 104 valence electrons. The maximum atomic E-state index is 11.6. The van der Waals surface area contributed by atoms with Gasteiger partial charge in [0.05, 0.1) is 19.3 Å². The lowest BCUT2D eigenvalue weighted by Crippen LogP contribution is -2.41. The van der Waals surface area contributed by atoms with Crippen molar-refractivity contribution < 1.29 is 37.8 Å². The molecule has 0 aliphatic heterocycles. The number of aliphatic carboxylic acids is 2. The van der Waals surface area contributed by atoms with Crippen molar-refractivity contribution in [2.75, 3.05) is 26.0 Å². The Kier molecular flexibility index (Phi) is 6.27. The van der Waals surface area contributed by atoms with Crippen LogP contribution in [-0.2, 0) is 29.1 Å². The van der Waals surface area contributed by atoms with E-state index in [1.54, 1.807) is 0 Å². The molecule has 0 unspecified atom stereocenters. The lowest BCUT2D eigenvalue weighted by molar-refractivity contribution is -0.140. The van der Waals surface area contributed by atoms with Crippen LogP contribution in [0.3, 0.4) is 0 Å². The molecule has 0 amide bonds. The van der Waals surface area contributed by atoms with Crippen molar-refractivity contribution in [3.8, 4) is 0 Å². The van der Waals surface area contributed by atoms with Gasteiger partial charge in [0, 0.05) is 0 Å². The molecule has 0 heterocycles. The van der Waals surface area contributed by atoms with Gasteiger partial charge >= 0.3 is 17.9 Å². The third kappa shape index (κ3) is 6.15. The number of rotatable bonds is 8. The van der Waals surface area contributed by atoms with E-state index in [0.29, 0.717) is 0 Å². The monoisotopic (exact) mass is 283 g/mol. The highest BCUT2D eigenvalue weighted by atomic mass is 32.2. The zero-order valence-corrected chi connectivity index (χ0v) is 10.3. The van der Waals surface area contributed by atoms with Crippen LogP contribution >= 0.6 is 0 Å². The molecule has 0 bridgehead atoms. The Morgan fingerprint density at radius 3 is 1.89 bits per heavy atom. The smallest absolute Gasteiger partial charge is 0.318 e. The zero-order chi connectivity index (χ0) is 14.3. The highest BCUT2D eigenvalue weighted by Gasteiger charge is 2.27. The van der Waals surface area contributed by atoms with Crippen molar-refractivity contribution in [1.82, 2.24) is 4.31 Å². The average Bonchev–Trinajstić information content (AvgIpc) is 2.23. The van der Waals surface area contributed by atoms with Crippen LogP contribution in [0.5, 0.6) is 0 Å². The fraction of sp³-hybridized carbons (Fsp3) is 0.625. The molecule has 0 aromatic rings. The molecular formula is C8H13NO8S. The molecule has 0 saturated heterocycles. The topological polar surface area (TPSA) is 138 Å². The molecule has 0 radical (unpaired) electrons. The van der Waals surface area contributed by atoms with E-state index in [-0.39, 0.29) is 4.31 Å². The van der Waals surface area contributed by atoms with Crippen molar-refractivity contribution in [2.24, 2.45) is 0 Å². The van der Waals surface area contributed by atoms with Crippen molar-refractivity contribution in [3.63, 3.8) is 0 Å². The number of carboxylic acids is 2. The number of carbonyl (C=O) groups excluding carboxylic acids is 1. The molecule has 2 N–H and O–H groups in total. The number of esters is 1. The minimum Gasteiger partial charge on any atom is -0.480 e. The summed E-state index contributed by atoms with van der Waals surface area (Å²) < 4.78 is 27.7. The Labute approximate surface area is 103 Å². The van der Waals surface area contributed by atoms with Gasteiger partial charge in [0.25, 0.3) is 0 Å². The number of carbonyl (C=O) groups is 3. The summed E-state index contributed by atoms with van der Waals surface area (Å²) in [7, 11) is -3.08. The number of hydrogen-bond donors (Lipinski definition) is 2. The number of hydrogen-bond acceptors (Lipinski definition) is 6. The van der Waals surface area contributed by atoms with Crippen LogP contribution < -0.4 is 0 Å². The number of sulfonamides is 1. The minimum atomic E-state index is -4.15. The standard InChI is InChI=1S/C8H13NO8S/c1-17-8(14)2-3-18(15,16)9(4-6(10)11)5-7(12)13/h2-5H2,1H3,(H,10,11)(H,12,13). The van der Waals surface area contributed by atoms with Crippen molar-refractivity contribution in [2.45, 2.75) is 6.42 Å². The van der Waals surface area contributed by atoms with Gasteiger partial charge in [-0.25, -0.2) is 8.42 Å². The molecule has 9 nitrogen and oxygen atoms in total. The summed E-state index contributed by atoms with van der Waals surface area (Å²) in [6, 6.07) is 0. The number of methoxy groups -OCH3 is 1. The molecule has 10 heteroatoms. The van der Waals surface area contributed by atoms with Gasteiger partial charge in [0.1, 0.15) is 13.1 Å². The maximum Gasteiger partial charge on any atom is 0.318 e. The largest absolute Gasteiger partial charge is 0.480 e. The Hall–Kier alpha value is -1.68. The molecule has 0 fully saturated rings. The third-order valence-corrected chi connectivity index (χ3v) is 3.57. The molecule has 0 saturated carbocycles. The van der Waals surface area contributed by atoms with Crippen LogP contribution in [0.4, 0.5) is 0 Å². The second-order valence-electron chi connectivity index (χ2n) is 3.20. The first kappa shape index (κ1) is 16.3. The predicted octanol–water partition coefficient (Wildman–Crippen LogP) is -1.65. The summed E-state index contributed by atoms with van der Waals surface area (Å²) in [5.41, 5.74) is 0. The van der Waals surface area contributed by atoms with E-state index in [0.717, 1.165) is 7.11 Å². The Bertz CT molecular complexity index is 412. The molecular weight excluding hydrogens is 270 g/mol. The fourth-order valence-electron chi connectivity index (χ4n) is 0.998. The van der Waals surface area contributed by atoms with Gasteiger partial charge < -0.3 is 14.9 Å². The molecule has 0 spiro atoms. The van der Waals surface area contributed by atoms with Crippen LogP contribution in [0, 0.1) is 0 Å². The van der Waals surface area contributed by atoms with E-state index in [2.05, 4.69) is 4.74 Å². The SMILES string of the molecule is COC(=O)CCS(=O)(=O)N(CC(=O)O)CC(=O)O. The summed E-state index contributed by atoms with van der Waals surface area (Å²) in [5, 5.41) is 17.0. The average molecular weight is 283 g/mol. The van der Waals surface area contributed by atoms with Gasteiger partial charge in [-0.1, -0.05) is 0 Å². The van der Waals surface area contributed by atoms with Gasteiger partial charge in [0.2, 0.25) is 10.0 Å². The van der Waals surface area contributed by atoms with E-state index < -0.39 is 53.2 Å². The van der Waals surface area contributed by atoms with Gasteiger partial charge in [0.15, 0.2) is 0 Å². The number of nitrogens with zero attached hydrogens (tertiary/aromatic N) is 1. The normalized spacial score (nSPS) is 11.2. The van der Waals surface area contributed by atoms with E-state index in [1.165, 1.54) is 0 Å². The molecule has 0 aromatic heterocycles. The van der Waals surface area contributed by atoms with E-state index in [9.17, 15) is 22.8 Å². The predicted molar refractivity (Wildman–Crippen MR) is 57.3 cm³/mol. The van der Waals surface area contributed by atoms with Crippen LogP contribution in [0.1, 0.15) is 6.42 Å². The summed E-state index contributed by atoms with van der Waals surface area (Å²) >= 11 is 0. The molecule has 0 rings (SSSR count). The number of carboxylic acid groups (broad SMARTS) is 2. The maximum absolute atomic E-state index is 11.6. The minimum absolute atomic E-state index is 0.278. The summed E-state index contributed by atoms with van der Waals surface area (Å²) in [6.07, 6.45) is -0.478. The molecule has 0 aliphatic carbocycles. The van der Waals surface area contributed by atoms with Crippen LogP contribution in [0.15, 0.2) is 0 Å². The molecule has 0 atom stereocenters. The van der Waals surface area contributed by atoms with Gasteiger partial charge in [-0.05, 0) is 0 Å². The molecule has 0 aliphatic rings. The molecule has 0 aromatic carbocycles. The third-order valence-electron chi connectivity index (χ3n) is 1.81. The lowest BCUT2D eigenvalue weighted by Gasteiger charge is -2.17. The van der Waals surface area contributed by atoms with Crippen LogP contribution in [0.25, 0.3) is 0 Å². The summed E-state index contributed by atoms with van der Waals surface area (Å²) in [6.45, 7) is -1.95. The fourth-order valence-corrected chi connectivity index (χ4v) is 2.29. The van der Waals surface area contributed by atoms with Crippen LogP contribution in [0.2, 0.25) is 0 Å². The van der Waals surface area contributed by atoms with Gasteiger partial charge in [-0.3, -0.25) is 14.4 Å². The quantitative estimate of drug-likeness (QED) is 0.505. The second-order valence-corrected chi connectivity index (χ2v) is 5.29. The second kappa shape index (κ2) is 6.91. The van der Waals surface area contributed by atoms with Crippen LogP contribution in [-0.4, -0.2) is 66.8 Å². The first-order valence-corrected chi connectivity index (χ1v) is 6.28. The first-order valence-electron chi connectivity index (χ1n) is 4.67. The Morgan fingerprint density at radius 2 is 1.56 bits per heavy atom. The van der Waals surface area contributed by atoms with Crippen molar-refractivity contribution in [1.29, 1.82) is 0 Å². The van der Waals surface area contributed by atoms with Crippen molar-refractivity contribution in [3.05, 3.63) is 0 Å². The number of ether oxygens (including phenoxy) is 1. The van der Waals surface area contributed by atoms with E-state index in [1.807, 2.05) is 0 Å². The van der Waals surface area contributed by atoms with Gasteiger partial charge in [-0.15, -0.1) is 0 Å².